The van der Waals surface area contributed by atoms with Crippen LogP contribution in [0.25, 0.3) is 10.4 Å². The Bertz CT molecular complexity index is 645. The molecule has 0 aliphatic heterocycles. The first-order valence-corrected chi connectivity index (χ1v) is 8.69. The van der Waals surface area contributed by atoms with E-state index < -0.39 is 5.97 Å². The van der Waals surface area contributed by atoms with Crippen molar-refractivity contribution in [1.29, 1.82) is 0 Å². The molecule has 1 fully saturated rings. The second-order valence-electron chi connectivity index (χ2n) is 5.88. The van der Waals surface area contributed by atoms with Gasteiger partial charge >= 0.3 is 5.97 Å². The van der Waals surface area contributed by atoms with E-state index in [4.69, 9.17) is 0 Å². The molecule has 0 unspecified atom stereocenters. The molecule has 0 bridgehead atoms. The van der Waals surface area contributed by atoms with Crippen LogP contribution in [0.3, 0.4) is 0 Å². The van der Waals surface area contributed by atoms with Gasteiger partial charge in [-0.25, -0.2) is 4.79 Å². The quantitative estimate of drug-likeness (QED) is 0.874. The van der Waals surface area contributed by atoms with Gasteiger partial charge in [-0.15, -0.1) is 11.3 Å². The van der Waals surface area contributed by atoms with Crippen molar-refractivity contribution in [1.82, 2.24) is 0 Å². The first-order valence-electron chi connectivity index (χ1n) is 7.81. The minimum Gasteiger partial charge on any atom is -0.478 e. The van der Waals surface area contributed by atoms with Gasteiger partial charge in [0.1, 0.15) is 0 Å². The summed E-state index contributed by atoms with van der Waals surface area (Å²) in [7, 11) is 2.11. The van der Waals surface area contributed by atoms with Crippen molar-refractivity contribution in [3.63, 3.8) is 0 Å². The minimum atomic E-state index is -0.859. The van der Waals surface area contributed by atoms with Gasteiger partial charge < -0.3 is 10.0 Å². The SMILES string of the molecule is CN(c1cccc(C(=O)O)c1-c1cccs1)C1CCCCC1. The first kappa shape index (κ1) is 15.1. The molecule has 4 heteroatoms. The molecule has 1 heterocycles. The smallest absolute Gasteiger partial charge is 0.336 e. The number of anilines is 1. The number of rotatable bonds is 4. The molecule has 3 rings (SSSR count). The molecule has 116 valence electrons. The lowest BCUT2D eigenvalue weighted by molar-refractivity contribution is 0.0698. The Hall–Kier alpha value is -1.81. The van der Waals surface area contributed by atoms with E-state index in [9.17, 15) is 9.90 Å². The largest absolute Gasteiger partial charge is 0.478 e. The van der Waals surface area contributed by atoms with E-state index in [0.29, 0.717) is 11.6 Å². The van der Waals surface area contributed by atoms with Crippen LogP contribution < -0.4 is 4.90 Å². The number of hydrogen-bond acceptors (Lipinski definition) is 3. The second kappa shape index (κ2) is 6.53. The van der Waals surface area contributed by atoms with E-state index in [1.165, 1.54) is 32.1 Å². The number of carboxylic acids is 1. The van der Waals surface area contributed by atoms with Gasteiger partial charge in [0.05, 0.1) is 5.56 Å². The number of carbonyl (C=O) groups is 1. The Kier molecular flexibility index (Phi) is 4.48. The van der Waals surface area contributed by atoms with Crippen LogP contribution in [0.1, 0.15) is 42.5 Å². The van der Waals surface area contributed by atoms with Gasteiger partial charge in [-0.1, -0.05) is 31.4 Å². The summed E-state index contributed by atoms with van der Waals surface area (Å²) < 4.78 is 0. The van der Waals surface area contributed by atoms with E-state index in [-0.39, 0.29) is 0 Å². The number of nitrogens with zero attached hydrogens (tertiary/aromatic N) is 1. The number of aromatic carboxylic acids is 1. The number of thiophene rings is 1. The number of hydrogen-bond donors (Lipinski definition) is 1. The summed E-state index contributed by atoms with van der Waals surface area (Å²) in [5.74, 6) is -0.859. The Balaban J connectivity index is 2.06. The highest BCUT2D eigenvalue weighted by Gasteiger charge is 2.24. The molecular weight excluding hydrogens is 294 g/mol. The van der Waals surface area contributed by atoms with Crippen LogP contribution in [0.4, 0.5) is 5.69 Å². The Morgan fingerprint density at radius 2 is 1.95 bits per heavy atom. The van der Waals surface area contributed by atoms with Crippen LogP contribution in [-0.4, -0.2) is 24.2 Å². The molecule has 1 aliphatic carbocycles. The number of carboxylic acid groups (broad SMARTS) is 1. The lowest BCUT2D eigenvalue weighted by Crippen LogP contribution is -2.33. The molecular formula is C18H21NO2S. The van der Waals surface area contributed by atoms with E-state index >= 15 is 0 Å². The third kappa shape index (κ3) is 2.88. The van der Waals surface area contributed by atoms with Crippen LogP contribution in [0.2, 0.25) is 0 Å². The lowest BCUT2D eigenvalue weighted by atomic mass is 9.93. The second-order valence-corrected chi connectivity index (χ2v) is 6.83. The van der Waals surface area contributed by atoms with Crippen molar-refractivity contribution in [3.8, 4) is 10.4 Å². The summed E-state index contributed by atoms with van der Waals surface area (Å²) in [6, 6.07) is 10.1. The van der Waals surface area contributed by atoms with E-state index in [0.717, 1.165) is 16.1 Å². The monoisotopic (exact) mass is 315 g/mol. The van der Waals surface area contributed by atoms with Crippen LogP contribution in [0.15, 0.2) is 35.7 Å². The molecule has 3 nitrogen and oxygen atoms in total. The Labute approximate surface area is 135 Å². The lowest BCUT2D eigenvalue weighted by Gasteiger charge is -2.34. The Morgan fingerprint density at radius 3 is 2.59 bits per heavy atom. The van der Waals surface area contributed by atoms with Gasteiger partial charge in [-0.3, -0.25) is 0 Å². The molecule has 0 atom stereocenters. The molecule has 1 aromatic heterocycles. The fourth-order valence-corrected chi connectivity index (χ4v) is 4.15. The zero-order valence-electron chi connectivity index (χ0n) is 12.8. The summed E-state index contributed by atoms with van der Waals surface area (Å²) in [6.07, 6.45) is 6.23. The molecule has 22 heavy (non-hydrogen) atoms. The van der Waals surface area contributed by atoms with Crippen molar-refractivity contribution in [2.45, 2.75) is 38.1 Å². The van der Waals surface area contributed by atoms with E-state index in [1.54, 1.807) is 17.4 Å². The maximum Gasteiger partial charge on any atom is 0.336 e. The summed E-state index contributed by atoms with van der Waals surface area (Å²) in [5.41, 5.74) is 2.29. The van der Waals surface area contributed by atoms with Gasteiger partial charge in [-0.05, 0) is 36.4 Å². The summed E-state index contributed by atoms with van der Waals surface area (Å²) in [4.78, 5) is 15.0. The highest BCUT2D eigenvalue weighted by Crippen LogP contribution is 2.38. The topological polar surface area (TPSA) is 40.5 Å². The molecule has 0 saturated heterocycles. The number of benzene rings is 1. The van der Waals surface area contributed by atoms with Crippen LogP contribution in [0, 0.1) is 0 Å². The van der Waals surface area contributed by atoms with Crippen molar-refractivity contribution in [2.75, 3.05) is 11.9 Å². The summed E-state index contributed by atoms with van der Waals surface area (Å²) in [6.45, 7) is 0. The average molecular weight is 315 g/mol. The molecule has 0 radical (unpaired) electrons. The molecule has 0 spiro atoms. The predicted octanol–water partition coefficient (Wildman–Crippen LogP) is 4.88. The fourth-order valence-electron chi connectivity index (χ4n) is 3.36. The van der Waals surface area contributed by atoms with E-state index in [1.807, 2.05) is 23.6 Å². The van der Waals surface area contributed by atoms with Gasteiger partial charge in [0, 0.05) is 29.2 Å². The standard InChI is InChI=1S/C18H21NO2S/c1-19(13-7-3-2-4-8-13)15-10-5-9-14(18(20)21)17(15)16-11-6-12-22-16/h5-6,9-13H,2-4,7-8H2,1H3,(H,20,21). The summed E-state index contributed by atoms with van der Waals surface area (Å²) >= 11 is 1.60. The molecule has 0 amide bonds. The van der Waals surface area contributed by atoms with Gasteiger partial charge in [0.25, 0.3) is 0 Å². The van der Waals surface area contributed by atoms with Crippen LogP contribution in [-0.2, 0) is 0 Å². The Morgan fingerprint density at radius 1 is 1.18 bits per heavy atom. The van der Waals surface area contributed by atoms with E-state index in [2.05, 4.69) is 18.0 Å². The third-order valence-electron chi connectivity index (χ3n) is 4.54. The van der Waals surface area contributed by atoms with Crippen molar-refractivity contribution >= 4 is 23.0 Å². The summed E-state index contributed by atoms with van der Waals surface area (Å²) in [5, 5.41) is 11.6. The minimum absolute atomic E-state index is 0.391. The maximum absolute atomic E-state index is 11.7. The molecule has 2 aromatic rings. The fraction of sp³-hybridized carbons (Fsp3) is 0.389. The van der Waals surface area contributed by atoms with Crippen LogP contribution >= 0.6 is 11.3 Å². The average Bonchev–Trinajstić information content (AvgIpc) is 3.08. The molecule has 1 aromatic carbocycles. The highest BCUT2D eigenvalue weighted by atomic mass is 32.1. The van der Waals surface area contributed by atoms with Gasteiger partial charge in [0.15, 0.2) is 0 Å². The van der Waals surface area contributed by atoms with Crippen molar-refractivity contribution in [3.05, 3.63) is 41.3 Å². The molecule has 1 saturated carbocycles. The van der Waals surface area contributed by atoms with Crippen molar-refractivity contribution < 1.29 is 9.90 Å². The zero-order chi connectivity index (χ0) is 15.5. The van der Waals surface area contributed by atoms with Gasteiger partial charge in [-0.2, -0.15) is 0 Å². The van der Waals surface area contributed by atoms with Crippen molar-refractivity contribution in [2.24, 2.45) is 0 Å². The third-order valence-corrected chi connectivity index (χ3v) is 5.43. The maximum atomic E-state index is 11.7. The normalized spacial score (nSPS) is 15.7. The molecule has 1 N–H and O–H groups in total. The van der Waals surface area contributed by atoms with Gasteiger partial charge in [0.2, 0.25) is 0 Å². The van der Waals surface area contributed by atoms with Crippen LogP contribution in [0.5, 0.6) is 0 Å². The zero-order valence-corrected chi connectivity index (χ0v) is 13.6. The highest BCUT2D eigenvalue weighted by molar-refractivity contribution is 7.13. The molecule has 1 aliphatic rings. The first-order chi connectivity index (χ1) is 10.7. The predicted molar refractivity (Wildman–Crippen MR) is 92.0 cm³/mol.